The third-order valence-corrected chi connectivity index (χ3v) is 3.21. The van der Waals surface area contributed by atoms with Crippen LogP contribution in [0, 0.1) is 6.92 Å². The highest BCUT2D eigenvalue weighted by Crippen LogP contribution is 2.13. The van der Waals surface area contributed by atoms with E-state index in [1.807, 2.05) is 37.3 Å². The fourth-order valence-electron chi connectivity index (χ4n) is 2.00. The van der Waals surface area contributed by atoms with Gasteiger partial charge in [-0.1, -0.05) is 18.2 Å². The lowest BCUT2D eigenvalue weighted by molar-refractivity contribution is -0.0974. The van der Waals surface area contributed by atoms with E-state index in [4.69, 9.17) is 9.47 Å². The van der Waals surface area contributed by atoms with Crippen LogP contribution in [0.25, 0.3) is 5.69 Å². The van der Waals surface area contributed by atoms with Crippen molar-refractivity contribution in [2.24, 2.45) is 0 Å². The first-order chi connectivity index (χ1) is 10.2. The van der Waals surface area contributed by atoms with Crippen LogP contribution in [0.4, 0.5) is 0 Å². The van der Waals surface area contributed by atoms with Gasteiger partial charge in [-0.15, -0.1) is 0 Å². The van der Waals surface area contributed by atoms with E-state index in [1.165, 1.54) is 14.2 Å². The van der Waals surface area contributed by atoms with Gasteiger partial charge in [0.05, 0.1) is 29.7 Å². The summed E-state index contributed by atoms with van der Waals surface area (Å²) in [5.74, 6) is -0.200. The molecule has 0 radical (unpaired) electrons. The number of aromatic nitrogens is 2. The van der Waals surface area contributed by atoms with E-state index < -0.39 is 6.29 Å². The van der Waals surface area contributed by atoms with Crippen LogP contribution in [0.5, 0.6) is 0 Å². The van der Waals surface area contributed by atoms with Gasteiger partial charge in [0.15, 0.2) is 6.29 Å². The molecule has 6 nitrogen and oxygen atoms in total. The van der Waals surface area contributed by atoms with Crippen molar-refractivity contribution in [3.63, 3.8) is 0 Å². The Labute approximate surface area is 123 Å². The second-order valence-electron chi connectivity index (χ2n) is 4.50. The minimum Gasteiger partial charge on any atom is -0.354 e. The molecule has 0 spiro atoms. The summed E-state index contributed by atoms with van der Waals surface area (Å²) < 4.78 is 11.8. The molecule has 1 aromatic carbocycles. The molecule has 0 bridgehead atoms. The fraction of sp³-hybridized carbons (Fsp3) is 0.333. The van der Waals surface area contributed by atoms with Gasteiger partial charge in [-0.3, -0.25) is 4.79 Å². The van der Waals surface area contributed by atoms with Crippen molar-refractivity contribution >= 4 is 5.91 Å². The van der Waals surface area contributed by atoms with Gasteiger partial charge >= 0.3 is 0 Å². The number of hydrogen-bond acceptors (Lipinski definition) is 4. The van der Waals surface area contributed by atoms with Crippen LogP contribution in [0.1, 0.15) is 16.1 Å². The van der Waals surface area contributed by atoms with E-state index in [9.17, 15) is 4.79 Å². The largest absolute Gasteiger partial charge is 0.354 e. The highest BCUT2D eigenvalue weighted by atomic mass is 16.7. The number of nitrogens with one attached hydrogen (secondary N) is 1. The molecule has 0 aliphatic heterocycles. The van der Waals surface area contributed by atoms with Gasteiger partial charge in [0.2, 0.25) is 0 Å². The summed E-state index contributed by atoms with van der Waals surface area (Å²) in [4.78, 5) is 12.2. The molecule has 0 fully saturated rings. The zero-order valence-electron chi connectivity index (χ0n) is 12.4. The molecule has 112 valence electrons. The molecule has 2 aromatic rings. The summed E-state index contributed by atoms with van der Waals surface area (Å²) >= 11 is 0. The molecule has 0 unspecified atom stereocenters. The Morgan fingerprint density at radius 1 is 1.29 bits per heavy atom. The van der Waals surface area contributed by atoms with E-state index in [0.29, 0.717) is 5.56 Å². The second kappa shape index (κ2) is 7.01. The van der Waals surface area contributed by atoms with Crippen LogP contribution < -0.4 is 5.32 Å². The minimum atomic E-state index is -0.460. The molecule has 1 aromatic heterocycles. The number of para-hydroxylation sites is 1. The third kappa shape index (κ3) is 3.48. The summed E-state index contributed by atoms with van der Waals surface area (Å²) in [6, 6.07) is 9.67. The van der Waals surface area contributed by atoms with Crippen LogP contribution in [0.3, 0.4) is 0 Å². The van der Waals surface area contributed by atoms with Crippen LogP contribution in [-0.4, -0.2) is 42.7 Å². The smallest absolute Gasteiger partial charge is 0.254 e. The van der Waals surface area contributed by atoms with Gasteiger partial charge in [0.25, 0.3) is 5.91 Å². The van der Waals surface area contributed by atoms with Gasteiger partial charge in [-0.25, -0.2) is 4.68 Å². The molecular formula is C15H19N3O3. The summed E-state index contributed by atoms with van der Waals surface area (Å²) in [5.41, 5.74) is 2.23. The highest BCUT2D eigenvalue weighted by molar-refractivity contribution is 5.95. The average Bonchev–Trinajstić information content (AvgIpc) is 2.90. The standard InChI is InChI=1S/C15H19N3O3/c1-11-13(15(19)16-10-14(20-2)21-3)9-17-18(11)12-7-5-4-6-8-12/h4-9,14H,10H2,1-3H3,(H,16,19). The normalized spacial score (nSPS) is 10.9. The third-order valence-electron chi connectivity index (χ3n) is 3.21. The lowest BCUT2D eigenvalue weighted by Gasteiger charge is -2.13. The summed E-state index contributed by atoms with van der Waals surface area (Å²) in [7, 11) is 3.05. The lowest BCUT2D eigenvalue weighted by Crippen LogP contribution is -2.34. The Morgan fingerprint density at radius 3 is 2.57 bits per heavy atom. The fourth-order valence-corrected chi connectivity index (χ4v) is 2.00. The maximum Gasteiger partial charge on any atom is 0.254 e. The number of carbonyl (C=O) groups excluding carboxylic acids is 1. The predicted molar refractivity (Wildman–Crippen MR) is 78.4 cm³/mol. The Bertz CT molecular complexity index is 591. The molecule has 0 aliphatic carbocycles. The summed E-state index contributed by atoms with van der Waals surface area (Å²) in [5, 5.41) is 7.03. The maximum absolute atomic E-state index is 12.2. The van der Waals surface area contributed by atoms with Crippen molar-refractivity contribution < 1.29 is 14.3 Å². The van der Waals surface area contributed by atoms with Gasteiger partial charge in [-0.2, -0.15) is 5.10 Å². The molecular weight excluding hydrogens is 270 g/mol. The van der Waals surface area contributed by atoms with Crippen molar-refractivity contribution in [3.8, 4) is 5.69 Å². The van der Waals surface area contributed by atoms with Gasteiger partial charge < -0.3 is 14.8 Å². The molecule has 1 amide bonds. The molecule has 1 N–H and O–H groups in total. The Morgan fingerprint density at radius 2 is 1.95 bits per heavy atom. The van der Waals surface area contributed by atoms with Crippen molar-refractivity contribution in [1.29, 1.82) is 0 Å². The molecule has 0 saturated carbocycles. The quantitative estimate of drug-likeness (QED) is 0.819. The zero-order chi connectivity index (χ0) is 15.2. The highest BCUT2D eigenvalue weighted by Gasteiger charge is 2.16. The Balaban J connectivity index is 2.11. The minimum absolute atomic E-state index is 0.200. The average molecular weight is 289 g/mol. The van der Waals surface area contributed by atoms with Crippen LogP contribution in [0.2, 0.25) is 0 Å². The molecule has 0 aliphatic rings. The monoisotopic (exact) mass is 289 g/mol. The SMILES string of the molecule is COC(CNC(=O)c1cnn(-c2ccccc2)c1C)OC. The van der Waals surface area contributed by atoms with Gasteiger partial charge in [-0.05, 0) is 19.1 Å². The van der Waals surface area contributed by atoms with Crippen molar-refractivity contribution in [2.45, 2.75) is 13.2 Å². The van der Waals surface area contributed by atoms with E-state index in [0.717, 1.165) is 11.4 Å². The number of nitrogens with zero attached hydrogens (tertiary/aromatic N) is 2. The van der Waals surface area contributed by atoms with E-state index in [-0.39, 0.29) is 12.5 Å². The first kappa shape index (κ1) is 15.2. The van der Waals surface area contributed by atoms with Crippen LogP contribution >= 0.6 is 0 Å². The number of amides is 1. The number of carbonyl (C=O) groups is 1. The summed E-state index contributed by atoms with van der Waals surface area (Å²) in [6.07, 6.45) is 1.10. The number of ether oxygens (including phenoxy) is 2. The summed E-state index contributed by atoms with van der Waals surface area (Å²) in [6.45, 7) is 2.14. The van der Waals surface area contributed by atoms with Crippen molar-refractivity contribution in [3.05, 3.63) is 47.8 Å². The number of rotatable bonds is 6. The van der Waals surface area contributed by atoms with Crippen LogP contribution in [0.15, 0.2) is 36.5 Å². The molecule has 21 heavy (non-hydrogen) atoms. The van der Waals surface area contributed by atoms with E-state index in [2.05, 4.69) is 10.4 Å². The number of hydrogen-bond donors (Lipinski definition) is 1. The molecule has 2 rings (SSSR count). The van der Waals surface area contributed by atoms with E-state index >= 15 is 0 Å². The molecule has 1 heterocycles. The predicted octanol–water partition coefficient (Wildman–Crippen LogP) is 1.53. The maximum atomic E-state index is 12.2. The molecule has 0 atom stereocenters. The van der Waals surface area contributed by atoms with Crippen molar-refractivity contribution in [1.82, 2.24) is 15.1 Å². The van der Waals surface area contributed by atoms with Crippen molar-refractivity contribution in [2.75, 3.05) is 20.8 Å². The second-order valence-corrected chi connectivity index (χ2v) is 4.50. The van der Waals surface area contributed by atoms with Gasteiger partial charge in [0.1, 0.15) is 0 Å². The first-order valence-electron chi connectivity index (χ1n) is 6.61. The lowest BCUT2D eigenvalue weighted by atomic mass is 10.2. The topological polar surface area (TPSA) is 65.4 Å². The molecule has 6 heteroatoms. The number of methoxy groups -OCH3 is 2. The van der Waals surface area contributed by atoms with Crippen LogP contribution in [-0.2, 0) is 9.47 Å². The first-order valence-corrected chi connectivity index (χ1v) is 6.61. The Hall–Kier alpha value is -2.18. The zero-order valence-corrected chi connectivity index (χ0v) is 12.4. The Kier molecular flexibility index (Phi) is 5.08. The number of benzene rings is 1. The molecule has 0 saturated heterocycles. The van der Waals surface area contributed by atoms with E-state index in [1.54, 1.807) is 10.9 Å². The van der Waals surface area contributed by atoms with Gasteiger partial charge in [0, 0.05) is 14.2 Å².